The number of amides is 1. The van der Waals surface area contributed by atoms with Gasteiger partial charge in [-0.05, 0) is 49.6 Å². The van der Waals surface area contributed by atoms with E-state index < -0.39 is 10.0 Å². The molecule has 1 aliphatic rings. The van der Waals surface area contributed by atoms with Crippen LogP contribution in [0.1, 0.15) is 24.0 Å². The Labute approximate surface area is 155 Å². The van der Waals surface area contributed by atoms with Crippen molar-refractivity contribution in [3.63, 3.8) is 0 Å². The van der Waals surface area contributed by atoms with Crippen LogP contribution in [0.5, 0.6) is 0 Å². The van der Waals surface area contributed by atoms with E-state index in [9.17, 15) is 13.2 Å². The number of likely N-dealkylation sites (tertiary alicyclic amines) is 1. The topological polar surface area (TPSA) is 57.7 Å². The maximum absolute atomic E-state index is 12.7. The Morgan fingerprint density at radius 3 is 2.15 bits per heavy atom. The van der Waals surface area contributed by atoms with Crippen molar-refractivity contribution in [3.05, 3.63) is 59.7 Å². The Morgan fingerprint density at radius 1 is 1.00 bits per heavy atom. The summed E-state index contributed by atoms with van der Waals surface area (Å²) >= 11 is 0. The van der Waals surface area contributed by atoms with Crippen LogP contribution >= 0.6 is 0 Å². The molecule has 3 rings (SSSR count). The number of benzene rings is 2. The van der Waals surface area contributed by atoms with Gasteiger partial charge in [0.15, 0.2) is 0 Å². The number of aryl methyl sites for hydroxylation is 1. The summed E-state index contributed by atoms with van der Waals surface area (Å²) in [5, 5.41) is 0. The minimum atomic E-state index is -3.60. The van der Waals surface area contributed by atoms with E-state index in [0.717, 1.165) is 37.1 Å². The Hall–Kier alpha value is -2.34. The second-order valence-corrected chi connectivity index (χ2v) is 8.69. The maximum atomic E-state index is 12.7. The second kappa shape index (κ2) is 7.50. The van der Waals surface area contributed by atoms with Gasteiger partial charge in [-0.2, -0.15) is 0 Å². The number of nitrogens with zero attached hydrogens (tertiary/aromatic N) is 2. The van der Waals surface area contributed by atoms with E-state index in [2.05, 4.69) is 0 Å². The minimum Gasteiger partial charge on any atom is -0.342 e. The number of anilines is 1. The van der Waals surface area contributed by atoms with Crippen LogP contribution in [0.15, 0.2) is 53.4 Å². The Balaban J connectivity index is 1.72. The van der Waals surface area contributed by atoms with Gasteiger partial charge in [0.2, 0.25) is 5.91 Å². The van der Waals surface area contributed by atoms with Gasteiger partial charge in [0.25, 0.3) is 10.0 Å². The highest BCUT2D eigenvalue weighted by atomic mass is 32.2. The molecule has 26 heavy (non-hydrogen) atoms. The fraction of sp³-hybridized carbons (Fsp3) is 0.350. The third kappa shape index (κ3) is 3.90. The average molecular weight is 372 g/mol. The fourth-order valence-corrected chi connectivity index (χ4v) is 4.28. The molecule has 2 aromatic carbocycles. The quantitative estimate of drug-likeness (QED) is 0.811. The molecule has 5 nitrogen and oxygen atoms in total. The SMILES string of the molecule is Cc1ccc(S(=O)(=O)N(C)c2ccc(CC(=O)N3CCCC3)cc2)cc1. The van der Waals surface area contributed by atoms with Gasteiger partial charge in [0.05, 0.1) is 17.0 Å². The summed E-state index contributed by atoms with van der Waals surface area (Å²) in [4.78, 5) is 14.4. The molecule has 0 radical (unpaired) electrons. The van der Waals surface area contributed by atoms with Gasteiger partial charge >= 0.3 is 0 Å². The minimum absolute atomic E-state index is 0.135. The van der Waals surface area contributed by atoms with E-state index in [1.807, 2.05) is 24.0 Å². The highest BCUT2D eigenvalue weighted by Crippen LogP contribution is 2.23. The van der Waals surface area contributed by atoms with Crippen molar-refractivity contribution in [2.75, 3.05) is 24.4 Å². The lowest BCUT2D eigenvalue weighted by Crippen LogP contribution is -2.29. The molecule has 0 saturated carbocycles. The van der Waals surface area contributed by atoms with Gasteiger partial charge in [-0.25, -0.2) is 8.42 Å². The number of carbonyl (C=O) groups is 1. The van der Waals surface area contributed by atoms with Crippen LogP contribution < -0.4 is 4.31 Å². The Morgan fingerprint density at radius 2 is 1.58 bits per heavy atom. The van der Waals surface area contributed by atoms with Crippen LogP contribution in [0.2, 0.25) is 0 Å². The van der Waals surface area contributed by atoms with Crippen molar-refractivity contribution >= 4 is 21.6 Å². The molecule has 0 N–H and O–H groups in total. The average Bonchev–Trinajstić information content (AvgIpc) is 3.17. The monoisotopic (exact) mass is 372 g/mol. The molecule has 2 aromatic rings. The van der Waals surface area contributed by atoms with E-state index in [0.29, 0.717) is 12.1 Å². The second-order valence-electron chi connectivity index (χ2n) is 6.72. The first kappa shape index (κ1) is 18.5. The molecule has 0 spiro atoms. The zero-order valence-corrected chi connectivity index (χ0v) is 16.0. The van der Waals surface area contributed by atoms with E-state index >= 15 is 0 Å². The first-order valence-electron chi connectivity index (χ1n) is 8.80. The molecule has 1 fully saturated rings. The lowest BCUT2D eigenvalue weighted by molar-refractivity contribution is -0.129. The Kier molecular flexibility index (Phi) is 5.32. The van der Waals surface area contributed by atoms with Gasteiger partial charge in [0.1, 0.15) is 0 Å². The van der Waals surface area contributed by atoms with E-state index in [1.165, 1.54) is 4.31 Å². The van der Waals surface area contributed by atoms with Crippen LogP contribution in [0.4, 0.5) is 5.69 Å². The molecule has 138 valence electrons. The predicted octanol–water partition coefficient (Wildman–Crippen LogP) is 2.99. The van der Waals surface area contributed by atoms with E-state index in [1.54, 1.807) is 43.4 Å². The normalized spacial score (nSPS) is 14.5. The summed E-state index contributed by atoms with van der Waals surface area (Å²) < 4.78 is 26.8. The molecular formula is C20H24N2O3S. The van der Waals surface area contributed by atoms with Crippen LogP contribution in [-0.2, 0) is 21.2 Å². The first-order valence-corrected chi connectivity index (χ1v) is 10.2. The van der Waals surface area contributed by atoms with E-state index in [4.69, 9.17) is 0 Å². The third-order valence-corrected chi connectivity index (χ3v) is 6.59. The fourth-order valence-electron chi connectivity index (χ4n) is 3.08. The summed E-state index contributed by atoms with van der Waals surface area (Å²) in [5.41, 5.74) is 2.48. The zero-order valence-electron chi connectivity index (χ0n) is 15.2. The van der Waals surface area contributed by atoms with Crippen LogP contribution in [-0.4, -0.2) is 39.4 Å². The maximum Gasteiger partial charge on any atom is 0.264 e. The lowest BCUT2D eigenvalue weighted by Gasteiger charge is -2.20. The largest absolute Gasteiger partial charge is 0.342 e. The van der Waals surface area contributed by atoms with Crippen LogP contribution in [0, 0.1) is 6.92 Å². The highest BCUT2D eigenvalue weighted by molar-refractivity contribution is 7.92. The summed E-state index contributed by atoms with van der Waals surface area (Å²) in [6, 6.07) is 13.9. The number of rotatable bonds is 5. The molecule has 0 aromatic heterocycles. The van der Waals surface area contributed by atoms with Crippen molar-refractivity contribution in [2.24, 2.45) is 0 Å². The standard InChI is InChI=1S/C20H24N2O3S/c1-16-5-11-19(12-6-16)26(24,25)21(2)18-9-7-17(8-10-18)15-20(23)22-13-3-4-14-22/h5-12H,3-4,13-15H2,1-2H3. The number of hydrogen-bond donors (Lipinski definition) is 0. The first-order chi connectivity index (χ1) is 12.4. The Bertz CT molecular complexity index is 868. The number of hydrogen-bond acceptors (Lipinski definition) is 3. The van der Waals surface area contributed by atoms with Gasteiger partial charge in [-0.15, -0.1) is 0 Å². The van der Waals surface area contributed by atoms with E-state index in [-0.39, 0.29) is 10.8 Å². The van der Waals surface area contributed by atoms with Crippen molar-refractivity contribution in [2.45, 2.75) is 31.1 Å². The number of carbonyl (C=O) groups excluding carboxylic acids is 1. The predicted molar refractivity (Wildman–Crippen MR) is 103 cm³/mol. The summed E-state index contributed by atoms with van der Waals surface area (Å²) in [5.74, 6) is 0.135. The smallest absolute Gasteiger partial charge is 0.264 e. The van der Waals surface area contributed by atoms with Crippen molar-refractivity contribution in [1.82, 2.24) is 4.90 Å². The van der Waals surface area contributed by atoms with Gasteiger partial charge in [-0.1, -0.05) is 29.8 Å². The molecule has 0 atom stereocenters. The van der Waals surface area contributed by atoms with Crippen molar-refractivity contribution in [3.8, 4) is 0 Å². The zero-order chi connectivity index (χ0) is 18.7. The molecule has 0 aliphatic carbocycles. The molecular weight excluding hydrogens is 348 g/mol. The van der Waals surface area contributed by atoms with Gasteiger partial charge < -0.3 is 4.90 Å². The summed E-state index contributed by atoms with van der Waals surface area (Å²) in [6.45, 7) is 3.60. The van der Waals surface area contributed by atoms with Crippen LogP contribution in [0.3, 0.4) is 0 Å². The third-order valence-electron chi connectivity index (χ3n) is 4.79. The molecule has 1 heterocycles. The highest BCUT2D eigenvalue weighted by Gasteiger charge is 2.22. The molecule has 6 heteroatoms. The summed E-state index contributed by atoms with van der Waals surface area (Å²) in [6.07, 6.45) is 2.51. The molecule has 1 amide bonds. The number of sulfonamides is 1. The van der Waals surface area contributed by atoms with Crippen molar-refractivity contribution in [1.29, 1.82) is 0 Å². The van der Waals surface area contributed by atoms with Gasteiger partial charge in [-0.3, -0.25) is 9.10 Å². The summed E-state index contributed by atoms with van der Waals surface area (Å²) in [7, 11) is -2.06. The van der Waals surface area contributed by atoms with Crippen LogP contribution in [0.25, 0.3) is 0 Å². The molecule has 1 saturated heterocycles. The molecule has 0 bridgehead atoms. The molecule has 0 unspecified atom stereocenters. The lowest BCUT2D eigenvalue weighted by atomic mass is 10.1. The van der Waals surface area contributed by atoms with Gasteiger partial charge in [0, 0.05) is 20.1 Å². The van der Waals surface area contributed by atoms with Crippen molar-refractivity contribution < 1.29 is 13.2 Å². The molecule has 1 aliphatic heterocycles.